The largest absolute Gasteiger partial charge is 0.471 e. The summed E-state index contributed by atoms with van der Waals surface area (Å²) in [5.74, 6) is -2.76. The number of nitrogens with zero attached hydrogens (tertiary/aromatic N) is 2. The average molecular weight is 240 g/mol. The molecular weight excluding hydrogens is 228 g/mol. The molecule has 0 aliphatic carbocycles. The van der Waals surface area contributed by atoms with E-state index in [-0.39, 0.29) is 24.8 Å². The van der Waals surface area contributed by atoms with Gasteiger partial charge < -0.3 is 10.5 Å². The molecule has 1 aromatic heterocycles. The van der Waals surface area contributed by atoms with E-state index in [1.807, 2.05) is 0 Å². The minimum Gasteiger partial charge on any atom is -0.471 e. The third-order valence-corrected chi connectivity index (χ3v) is 1.43. The van der Waals surface area contributed by atoms with Crippen LogP contribution in [0.25, 0.3) is 0 Å². The number of hydrogen-bond acceptors (Lipinski definition) is 4. The lowest BCUT2D eigenvalue weighted by Crippen LogP contribution is -2.22. The van der Waals surface area contributed by atoms with Crippen molar-refractivity contribution in [3.63, 3.8) is 0 Å². The Hall–Kier alpha value is -1.01. The topological polar surface area (TPSA) is 61.0 Å². The van der Waals surface area contributed by atoms with E-state index in [1.165, 1.54) is 12.5 Å². The van der Waals surface area contributed by atoms with Crippen molar-refractivity contribution >= 4 is 12.4 Å². The van der Waals surface area contributed by atoms with Crippen molar-refractivity contribution in [1.82, 2.24) is 9.97 Å². The van der Waals surface area contributed by atoms with Gasteiger partial charge in [0, 0.05) is 25.2 Å². The zero-order chi connectivity index (χ0) is 10.6. The number of halogens is 3. The zero-order valence-corrected chi connectivity index (χ0v) is 8.93. The maximum Gasteiger partial charge on any atom is 0.278 e. The van der Waals surface area contributed by atoms with Crippen LogP contribution in [0.3, 0.4) is 0 Å². The predicted molar refractivity (Wildman–Crippen MR) is 53.3 cm³/mol. The molecule has 0 saturated heterocycles. The summed E-state index contributed by atoms with van der Waals surface area (Å²) in [7, 11) is 0. The van der Waals surface area contributed by atoms with Gasteiger partial charge in [-0.2, -0.15) is 0 Å². The molecule has 7 heteroatoms. The van der Waals surface area contributed by atoms with Gasteiger partial charge in [0.1, 0.15) is 6.33 Å². The molecule has 1 heterocycles. The van der Waals surface area contributed by atoms with Crippen LogP contribution in [-0.2, 0) is 6.54 Å². The molecular formula is C8H12ClF2N3O. The molecule has 4 nitrogen and oxygen atoms in total. The van der Waals surface area contributed by atoms with E-state index in [1.54, 1.807) is 0 Å². The number of rotatable bonds is 4. The molecule has 0 radical (unpaired) electrons. The second-order valence-corrected chi connectivity index (χ2v) is 2.92. The second-order valence-electron chi connectivity index (χ2n) is 2.92. The number of hydrogen-bond donors (Lipinski definition) is 1. The fraction of sp³-hybridized carbons (Fsp3) is 0.500. The van der Waals surface area contributed by atoms with Crippen molar-refractivity contribution in [3.05, 3.63) is 18.1 Å². The Kier molecular flexibility index (Phi) is 5.38. The molecule has 0 unspecified atom stereocenters. The van der Waals surface area contributed by atoms with E-state index in [0.717, 1.165) is 6.92 Å². The van der Waals surface area contributed by atoms with Gasteiger partial charge in [-0.15, -0.1) is 12.4 Å². The molecule has 0 aliphatic rings. The van der Waals surface area contributed by atoms with Crippen LogP contribution in [0, 0.1) is 0 Å². The molecule has 1 rings (SSSR count). The van der Waals surface area contributed by atoms with Crippen LogP contribution in [0.15, 0.2) is 12.5 Å². The van der Waals surface area contributed by atoms with Crippen LogP contribution in [0.2, 0.25) is 0 Å². The highest BCUT2D eigenvalue weighted by atomic mass is 35.5. The Labute approximate surface area is 92.3 Å². The van der Waals surface area contributed by atoms with Gasteiger partial charge in [0.15, 0.2) is 6.61 Å². The quantitative estimate of drug-likeness (QED) is 0.863. The summed E-state index contributed by atoms with van der Waals surface area (Å²) >= 11 is 0. The summed E-state index contributed by atoms with van der Waals surface area (Å²) in [5, 5.41) is 0. The van der Waals surface area contributed by atoms with E-state index in [9.17, 15) is 8.78 Å². The van der Waals surface area contributed by atoms with E-state index in [0.29, 0.717) is 5.56 Å². The summed E-state index contributed by atoms with van der Waals surface area (Å²) < 4.78 is 29.7. The van der Waals surface area contributed by atoms with E-state index in [4.69, 9.17) is 10.5 Å². The first-order valence-electron chi connectivity index (χ1n) is 4.02. The van der Waals surface area contributed by atoms with Crippen LogP contribution >= 0.6 is 12.4 Å². The minimum atomic E-state index is -2.88. The summed E-state index contributed by atoms with van der Waals surface area (Å²) in [5.41, 5.74) is 5.85. The van der Waals surface area contributed by atoms with Gasteiger partial charge in [-0.1, -0.05) is 0 Å². The van der Waals surface area contributed by atoms with Crippen LogP contribution in [0.5, 0.6) is 5.88 Å². The molecule has 0 aliphatic heterocycles. The first kappa shape index (κ1) is 14.0. The van der Waals surface area contributed by atoms with Gasteiger partial charge in [0.25, 0.3) is 5.92 Å². The Morgan fingerprint density at radius 2 is 2.20 bits per heavy atom. The van der Waals surface area contributed by atoms with Crippen LogP contribution in [0.1, 0.15) is 12.5 Å². The molecule has 0 spiro atoms. The SMILES string of the molecule is CC(F)(F)COc1ncncc1CN.Cl. The highest BCUT2D eigenvalue weighted by Crippen LogP contribution is 2.17. The normalized spacial score (nSPS) is 10.7. The molecule has 2 N–H and O–H groups in total. The van der Waals surface area contributed by atoms with Crippen LogP contribution in [0.4, 0.5) is 8.78 Å². The maximum atomic E-state index is 12.4. The third kappa shape index (κ3) is 4.85. The highest BCUT2D eigenvalue weighted by molar-refractivity contribution is 5.85. The van der Waals surface area contributed by atoms with Gasteiger partial charge in [0.2, 0.25) is 5.88 Å². The molecule has 1 aromatic rings. The summed E-state index contributed by atoms with van der Waals surface area (Å²) in [6.07, 6.45) is 2.67. The second kappa shape index (κ2) is 5.77. The lowest BCUT2D eigenvalue weighted by Gasteiger charge is -2.12. The van der Waals surface area contributed by atoms with Gasteiger partial charge in [0.05, 0.1) is 0 Å². The Bertz CT molecular complexity index is 306. The van der Waals surface area contributed by atoms with Crippen molar-refractivity contribution in [2.45, 2.75) is 19.4 Å². The van der Waals surface area contributed by atoms with Gasteiger partial charge in [-0.25, -0.2) is 18.7 Å². The van der Waals surface area contributed by atoms with Gasteiger partial charge in [-0.3, -0.25) is 0 Å². The van der Waals surface area contributed by atoms with Crippen molar-refractivity contribution in [1.29, 1.82) is 0 Å². The van der Waals surface area contributed by atoms with E-state index >= 15 is 0 Å². The molecule has 0 atom stereocenters. The molecule has 15 heavy (non-hydrogen) atoms. The maximum absolute atomic E-state index is 12.4. The molecule has 86 valence electrons. The van der Waals surface area contributed by atoms with Gasteiger partial charge >= 0.3 is 0 Å². The standard InChI is InChI=1S/C8H11F2N3O.ClH/c1-8(9,10)4-14-7-6(2-11)3-12-5-13-7;/h3,5H,2,4,11H2,1H3;1H. The Morgan fingerprint density at radius 3 is 2.73 bits per heavy atom. The van der Waals surface area contributed by atoms with E-state index in [2.05, 4.69) is 9.97 Å². The Balaban J connectivity index is 0.00000196. The van der Waals surface area contributed by atoms with Crippen molar-refractivity contribution in [3.8, 4) is 5.88 Å². The minimum absolute atomic E-state index is 0. The predicted octanol–water partition coefficient (Wildman–Crippen LogP) is 1.39. The van der Waals surface area contributed by atoms with Crippen LogP contribution in [-0.4, -0.2) is 22.5 Å². The lowest BCUT2D eigenvalue weighted by molar-refractivity contribution is -0.0245. The summed E-state index contributed by atoms with van der Waals surface area (Å²) in [4.78, 5) is 7.41. The molecule has 0 saturated carbocycles. The van der Waals surface area contributed by atoms with Crippen LogP contribution < -0.4 is 10.5 Å². The van der Waals surface area contributed by atoms with Crippen molar-refractivity contribution in [2.75, 3.05) is 6.61 Å². The molecule has 0 bridgehead atoms. The van der Waals surface area contributed by atoms with Crippen molar-refractivity contribution < 1.29 is 13.5 Å². The zero-order valence-electron chi connectivity index (χ0n) is 8.11. The molecule has 0 aromatic carbocycles. The van der Waals surface area contributed by atoms with Gasteiger partial charge in [-0.05, 0) is 0 Å². The monoisotopic (exact) mass is 239 g/mol. The average Bonchev–Trinajstić information content (AvgIpc) is 2.14. The fourth-order valence-electron chi connectivity index (χ4n) is 0.812. The molecule has 0 amide bonds. The number of ether oxygens (including phenoxy) is 1. The lowest BCUT2D eigenvalue weighted by atomic mass is 10.3. The molecule has 0 fully saturated rings. The summed E-state index contributed by atoms with van der Waals surface area (Å²) in [6, 6.07) is 0. The number of alkyl halides is 2. The van der Waals surface area contributed by atoms with E-state index < -0.39 is 12.5 Å². The number of aromatic nitrogens is 2. The Morgan fingerprint density at radius 1 is 1.53 bits per heavy atom. The summed E-state index contributed by atoms with van der Waals surface area (Å²) in [6.45, 7) is 0.221. The first-order chi connectivity index (χ1) is 6.53. The smallest absolute Gasteiger partial charge is 0.278 e. The van der Waals surface area contributed by atoms with Crippen molar-refractivity contribution in [2.24, 2.45) is 5.73 Å². The number of nitrogens with two attached hydrogens (primary N) is 1. The fourth-order valence-corrected chi connectivity index (χ4v) is 0.812. The third-order valence-electron chi connectivity index (χ3n) is 1.43. The highest BCUT2D eigenvalue weighted by Gasteiger charge is 2.22. The first-order valence-corrected chi connectivity index (χ1v) is 4.02.